The Morgan fingerprint density at radius 1 is 1.42 bits per heavy atom. The second-order valence-corrected chi connectivity index (χ2v) is 7.64. The number of benzene rings is 1. The SMILES string of the molecule is CC(N)Cc1c(Cl)cccc1N(C)CCS(C)(=O)=O. The van der Waals surface area contributed by atoms with E-state index in [-0.39, 0.29) is 11.8 Å². The zero-order valence-electron chi connectivity index (χ0n) is 11.6. The third-order valence-corrected chi connectivity index (χ3v) is 4.11. The summed E-state index contributed by atoms with van der Waals surface area (Å²) in [6.07, 6.45) is 1.90. The Morgan fingerprint density at radius 3 is 2.58 bits per heavy atom. The molecule has 0 amide bonds. The van der Waals surface area contributed by atoms with Gasteiger partial charge in [-0.2, -0.15) is 0 Å². The van der Waals surface area contributed by atoms with Gasteiger partial charge in [0.2, 0.25) is 0 Å². The molecule has 0 radical (unpaired) electrons. The van der Waals surface area contributed by atoms with Crippen molar-refractivity contribution in [2.45, 2.75) is 19.4 Å². The van der Waals surface area contributed by atoms with Gasteiger partial charge in [-0.1, -0.05) is 17.7 Å². The van der Waals surface area contributed by atoms with Crippen LogP contribution in [0.3, 0.4) is 0 Å². The highest BCUT2D eigenvalue weighted by Gasteiger charge is 2.13. The van der Waals surface area contributed by atoms with Gasteiger partial charge in [0.1, 0.15) is 9.84 Å². The maximum Gasteiger partial charge on any atom is 0.149 e. The van der Waals surface area contributed by atoms with E-state index in [1.165, 1.54) is 6.26 Å². The van der Waals surface area contributed by atoms with Gasteiger partial charge in [-0.05, 0) is 31.0 Å². The highest BCUT2D eigenvalue weighted by Crippen LogP contribution is 2.28. The minimum Gasteiger partial charge on any atom is -0.373 e. The van der Waals surface area contributed by atoms with Crippen LogP contribution in [0.5, 0.6) is 0 Å². The molecule has 1 atom stereocenters. The van der Waals surface area contributed by atoms with Crippen molar-refractivity contribution in [3.05, 3.63) is 28.8 Å². The minimum absolute atomic E-state index is 0.00181. The summed E-state index contributed by atoms with van der Waals surface area (Å²) in [5.74, 6) is 0.119. The Balaban J connectivity index is 2.95. The number of halogens is 1. The number of hydrogen-bond acceptors (Lipinski definition) is 4. The molecule has 0 bridgehead atoms. The molecule has 1 aromatic rings. The van der Waals surface area contributed by atoms with Crippen LogP contribution in [0, 0.1) is 0 Å². The fourth-order valence-corrected chi connectivity index (χ4v) is 2.70. The molecule has 0 saturated heterocycles. The van der Waals surface area contributed by atoms with Crippen LogP contribution in [-0.4, -0.2) is 40.1 Å². The van der Waals surface area contributed by atoms with Crippen molar-refractivity contribution in [2.24, 2.45) is 5.73 Å². The van der Waals surface area contributed by atoms with E-state index < -0.39 is 9.84 Å². The maximum absolute atomic E-state index is 11.2. The van der Waals surface area contributed by atoms with Crippen LogP contribution in [0.2, 0.25) is 5.02 Å². The summed E-state index contributed by atoms with van der Waals surface area (Å²) in [5.41, 5.74) is 7.74. The minimum atomic E-state index is -2.97. The van der Waals surface area contributed by atoms with Crippen molar-refractivity contribution in [2.75, 3.05) is 30.5 Å². The molecule has 2 N–H and O–H groups in total. The molecule has 0 spiro atoms. The molecule has 0 aliphatic carbocycles. The molecule has 0 saturated carbocycles. The largest absolute Gasteiger partial charge is 0.373 e. The van der Waals surface area contributed by atoms with E-state index >= 15 is 0 Å². The van der Waals surface area contributed by atoms with Gasteiger partial charge in [-0.15, -0.1) is 0 Å². The summed E-state index contributed by atoms with van der Waals surface area (Å²) < 4.78 is 22.4. The van der Waals surface area contributed by atoms with Crippen molar-refractivity contribution in [1.29, 1.82) is 0 Å². The Kier molecular flexibility index (Phi) is 5.64. The van der Waals surface area contributed by atoms with Gasteiger partial charge in [0.15, 0.2) is 0 Å². The molecule has 108 valence electrons. The summed E-state index contributed by atoms with van der Waals surface area (Å²) in [6, 6.07) is 5.63. The number of hydrogen-bond donors (Lipinski definition) is 1. The third-order valence-electron chi connectivity index (χ3n) is 2.83. The van der Waals surface area contributed by atoms with E-state index in [4.69, 9.17) is 17.3 Å². The average molecular weight is 305 g/mol. The van der Waals surface area contributed by atoms with Crippen LogP contribution in [0.1, 0.15) is 12.5 Å². The molecule has 6 heteroatoms. The topological polar surface area (TPSA) is 63.4 Å². The monoisotopic (exact) mass is 304 g/mol. The highest BCUT2D eigenvalue weighted by atomic mass is 35.5. The molecule has 0 fully saturated rings. The zero-order chi connectivity index (χ0) is 14.6. The number of nitrogens with two attached hydrogens (primary N) is 1. The van der Waals surface area contributed by atoms with Gasteiger partial charge in [0, 0.05) is 36.6 Å². The van der Waals surface area contributed by atoms with E-state index in [1.54, 1.807) is 0 Å². The summed E-state index contributed by atoms with van der Waals surface area (Å²) in [6.45, 7) is 2.36. The fraction of sp³-hybridized carbons (Fsp3) is 0.538. The zero-order valence-corrected chi connectivity index (χ0v) is 13.1. The molecular weight excluding hydrogens is 284 g/mol. The molecule has 0 aliphatic heterocycles. The molecule has 0 aliphatic rings. The van der Waals surface area contributed by atoms with Crippen LogP contribution in [0.4, 0.5) is 5.69 Å². The first-order valence-electron chi connectivity index (χ1n) is 6.12. The van der Waals surface area contributed by atoms with Gasteiger partial charge >= 0.3 is 0 Å². The number of rotatable bonds is 6. The van der Waals surface area contributed by atoms with Gasteiger partial charge in [0.05, 0.1) is 5.75 Å². The Hall–Kier alpha value is -0.780. The second kappa shape index (κ2) is 6.59. The van der Waals surface area contributed by atoms with Crippen molar-refractivity contribution in [3.63, 3.8) is 0 Å². The van der Waals surface area contributed by atoms with Gasteiger partial charge < -0.3 is 10.6 Å². The molecular formula is C13H21ClN2O2S. The predicted molar refractivity (Wildman–Crippen MR) is 81.8 cm³/mol. The summed E-state index contributed by atoms with van der Waals surface area (Å²) in [4.78, 5) is 1.91. The van der Waals surface area contributed by atoms with Gasteiger partial charge in [0.25, 0.3) is 0 Å². The van der Waals surface area contributed by atoms with Crippen LogP contribution in [0.25, 0.3) is 0 Å². The van der Waals surface area contributed by atoms with Gasteiger partial charge in [-0.3, -0.25) is 0 Å². The van der Waals surface area contributed by atoms with Crippen molar-refractivity contribution in [1.82, 2.24) is 0 Å². The molecule has 4 nitrogen and oxygen atoms in total. The van der Waals surface area contributed by atoms with Crippen LogP contribution < -0.4 is 10.6 Å². The quantitative estimate of drug-likeness (QED) is 0.869. The molecule has 1 aromatic carbocycles. The normalized spacial score (nSPS) is 13.3. The second-order valence-electron chi connectivity index (χ2n) is 4.97. The van der Waals surface area contributed by atoms with Crippen LogP contribution >= 0.6 is 11.6 Å². The maximum atomic E-state index is 11.2. The van der Waals surface area contributed by atoms with Crippen molar-refractivity contribution < 1.29 is 8.42 Å². The predicted octanol–water partition coefficient (Wildman–Crippen LogP) is 1.71. The van der Waals surface area contributed by atoms with Crippen molar-refractivity contribution >= 4 is 27.1 Å². The highest BCUT2D eigenvalue weighted by molar-refractivity contribution is 7.90. The van der Waals surface area contributed by atoms with E-state index in [0.29, 0.717) is 18.0 Å². The first kappa shape index (κ1) is 16.3. The van der Waals surface area contributed by atoms with E-state index in [9.17, 15) is 8.42 Å². The lowest BCUT2D eigenvalue weighted by atomic mass is 10.0. The molecule has 19 heavy (non-hydrogen) atoms. The third kappa shape index (κ3) is 5.38. The summed E-state index contributed by atoms with van der Waals surface area (Å²) >= 11 is 6.21. The molecule has 0 heterocycles. The fourth-order valence-electron chi connectivity index (χ4n) is 1.85. The number of nitrogens with zero attached hydrogens (tertiary/aromatic N) is 1. The standard InChI is InChI=1S/C13H21ClN2O2S/c1-10(15)9-11-12(14)5-4-6-13(11)16(2)7-8-19(3,17)18/h4-6,10H,7-9,15H2,1-3H3. The van der Waals surface area contributed by atoms with Crippen LogP contribution in [0.15, 0.2) is 18.2 Å². The summed E-state index contributed by atoms with van der Waals surface area (Å²) in [5, 5.41) is 0.668. The number of sulfone groups is 1. The van der Waals surface area contributed by atoms with E-state index in [2.05, 4.69) is 0 Å². The smallest absolute Gasteiger partial charge is 0.149 e. The Morgan fingerprint density at radius 2 is 2.05 bits per heavy atom. The lowest BCUT2D eigenvalue weighted by Gasteiger charge is -2.23. The number of anilines is 1. The lowest BCUT2D eigenvalue weighted by molar-refractivity contribution is 0.601. The molecule has 1 rings (SSSR count). The first-order chi connectivity index (χ1) is 8.70. The first-order valence-corrected chi connectivity index (χ1v) is 8.56. The van der Waals surface area contributed by atoms with Crippen LogP contribution in [-0.2, 0) is 16.3 Å². The Labute approximate surface area is 120 Å². The molecule has 1 unspecified atom stereocenters. The lowest BCUT2D eigenvalue weighted by Crippen LogP contribution is -2.27. The van der Waals surface area contributed by atoms with E-state index in [0.717, 1.165) is 11.3 Å². The van der Waals surface area contributed by atoms with Crippen molar-refractivity contribution in [3.8, 4) is 0 Å². The molecule has 0 aromatic heterocycles. The average Bonchev–Trinajstić information content (AvgIpc) is 2.27. The van der Waals surface area contributed by atoms with E-state index in [1.807, 2.05) is 37.1 Å². The van der Waals surface area contributed by atoms with Gasteiger partial charge in [-0.25, -0.2) is 8.42 Å². The Bertz CT molecular complexity index is 529. The summed E-state index contributed by atoms with van der Waals surface area (Å²) in [7, 11) is -1.11.